The minimum Gasteiger partial charge on any atom is -0.384 e. The molecule has 122 valence electrons. The summed E-state index contributed by atoms with van der Waals surface area (Å²) in [4.78, 5) is 26.5. The Morgan fingerprint density at radius 2 is 2.22 bits per heavy atom. The van der Waals surface area contributed by atoms with E-state index >= 15 is 0 Å². The van der Waals surface area contributed by atoms with Crippen LogP contribution in [0.25, 0.3) is 5.95 Å². The number of carbonyl (C=O) groups excluding carboxylic acids is 1. The van der Waals surface area contributed by atoms with E-state index in [2.05, 4.69) is 36.1 Å². The molecule has 2 aromatic rings. The third-order valence-electron chi connectivity index (χ3n) is 4.15. The standard InChI is InChI=1S/C15H19BrN6O/c1-17-12-10-19-15(22-7-6-18-14(22)16)20-13(12)21(8-9-23)11-4-2-3-5-11/h6-7,9-11,17H,2-5,8H2,1H3. The third kappa shape index (κ3) is 3.21. The maximum Gasteiger partial charge on any atom is 0.237 e. The Balaban J connectivity index is 2.03. The number of nitrogens with one attached hydrogen (secondary N) is 1. The van der Waals surface area contributed by atoms with E-state index in [0.717, 1.165) is 30.6 Å². The summed E-state index contributed by atoms with van der Waals surface area (Å²) in [6.45, 7) is 0.334. The molecular weight excluding hydrogens is 360 g/mol. The average Bonchev–Trinajstić information content (AvgIpc) is 3.23. The molecule has 0 aliphatic heterocycles. The van der Waals surface area contributed by atoms with Crippen LogP contribution in [-0.4, -0.2) is 45.4 Å². The van der Waals surface area contributed by atoms with Crippen LogP contribution < -0.4 is 10.2 Å². The van der Waals surface area contributed by atoms with Crippen molar-refractivity contribution in [3.63, 3.8) is 0 Å². The van der Waals surface area contributed by atoms with Crippen LogP contribution >= 0.6 is 15.9 Å². The zero-order valence-electron chi connectivity index (χ0n) is 12.9. The monoisotopic (exact) mass is 378 g/mol. The van der Waals surface area contributed by atoms with E-state index in [-0.39, 0.29) is 0 Å². The molecule has 1 fully saturated rings. The summed E-state index contributed by atoms with van der Waals surface area (Å²) < 4.78 is 2.40. The van der Waals surface area contributed by atoms with Gasteiger partial charge in [0.2, 0.25) is 5.95 Å². The van der Waals surface area contributed by atoms with Gasteiger partial charge in [-0.3, -0.25) is 4.57 Å². The number of imidazole rings is 1. The first kappa shape index (κ1) is 15.9. The topological polar surface area (TPSA) is 75.9 Å². The summed E-state index contributed by atoms with van der Waals surface area (Å²) in [6.07, 6.45) is 10.7. The first-order valence-electron chi connectivity index (χ1n) is 7.69. The molecule has 0 bridgehead atoms. The quantitative estimate of drug-likeness (QED) is 0.777. The fraction of sp³-hybridized carbons (Fsp3) is 0.467. The van der Waals surface area contributed by atoms with Gasteiger partial charge in [-0.25, -0.2) is 9.97 Å². The molecule has 2 heterocycles. The van der Waals surface area contributed by atoms with Crippen molar-refractivity contribution in [3.8, 4) is 5.95 Å². The fourth-order valence-electron chi connectivity index (χ4n) is 3.01. The number of nitrogens with zero attached hydrogens (tertiary/aromatic N) is 5. The number of aromatic nitrogens is 4. The molecule has 0 unspecified atom stereocenters. The Morgan fingerprint density at radius 3 is 2.83 bits per heavy atom. The summed E-state index contributed by atoms with van der Waals surface area (Å²) in [6, 6.07) is 0.348. The second kappa shape index (κ2) is 7.08. The molecular formula is C15H19BrN6O. The molecule has 7 nitrogen and oxygen atoms in total. The van der Waals surface area contributed by atoms with Gasteiger partial charge in [-0.15, -0.1) is 0 Å². The summed E-state index contributed by atoms with van der Waals surface area (Å²) in [5.41, 5.74) is 0.818. The number of aldehydes is 1. The maximum atomic E-state index is 11.2. The fourth-order valence-corrected chi connectivity index (χ4v) is 3.41. The number of hydrogen-bond donors (Lipinski definition) is 1. The van der Waals surface area contributed by atoms with Gasteiger partial charge in [-0.05, 0) is 28.8 Å². The summed E-state index contributed by atoms with van der Waals surface area (Å²) in [5, 5.41) is 3.13. The van der Waals surface area contributed by atoms with Crippen molar-refractivity contribution in [2.24, 2.45) is 0 Å². The van der Waals surface area contributed by atoms with Gasteiger partial charge in [-0.2, -0.15) is 4.98 Å². The van der Waals surface area contributed by atoms with Crippen molar-refractivity contribution in [1.29, 1.82) is 0 Å². The van der Waals surface area contributed by atoms with Gasteiger partial charge in [-0.1, -0.05) is 12.8 Å². The molecule has 23 heavy (non-hydrogen) atoms. The van der Waals surface area contributed by atoms with Crippen LogP contribution in [0.2, 0.25) is 0 Å². The molecule has 1 aliphatic rings. The predicted octanol–water partition coefficient (Wildman–Crippen LogP) is 2.41. The minimum absolute atomic E-state index is 0.334. The molecule has 1 aliphatic carbocycles. The normalized spacial score (nSPS) is 14.9. The van der Waals surface area contributed by atoms with Crippen LogP contribution in [0.15, 0.2) is 23.3 Å². The summed E-state index contributed by atoms with van der Waals surface area (Å²) >= 11 is 3.38. The summed E-state index contributed by atoms with van der Waals surface area (Å²) in [7, 11) is 1.84. The van der Waals surface area contributed by atoms with Crippen molar-refractivity contribution < 1.29 is 4.79 Å². The molecule has 2 aromatic heterocycles. The highest BCUT2D eigenvalue weighted by Crippen LogP contribution is 2.31. The Morgan fingerprint density at radius 1 is 1.43 bits per heavy atom. The largest absolute Gasteiger partial charge is 0.384 e. The smallest absolute Gasteiger partial charge is 0.237 e. The molecule has 8 heteroatoms. The van der Waals surface area contributed by atoms with Gasteiger partial charge in [0.15, 0.2) is 10.6 Å². The van der Waals surface area contributed by atoms with E-state index in [1.54, 1.807) is 23.2 Å². The lowest BCUT2D eigenvalue weighted by Gasteiger charge is -2.29. The van der Waals surface area contributed by atoms with E-state index in [4.69, 9.17) is 4.98 Å². The molecule has 0 saturated heterocycles. The van der Waals surface area contributed by atoms with Gasteiger partial charge < -0.3 is 15.0 Å². The van der Waals surface area contributed by atoms with E-state index in [1.807, 2.05) is 7.05 Å². The molecule has 3 rings (SSSR count). The molecule has 0 spiro atoms. The molecule has 0 atom stereocenters. The number of anilines is 2. The van der Waals surface area contributed by atoms with Gasteiger partial charge in [0, 0.05) is 25.5 Å². The van der Waals surface area contributed by atoms with E-state index in [9.17, 15) is 4.79 Å². The van der Waals surface area contributed by atoms with E-state index in [1.165, 1.54) is 12.8 Å². The van der Waals surface area contributed by atoms with Crippen LogP contribution in [0.4, 0.5) is 11.5 Å². The summed E-state index contributed by atoms with van der Waals surface area (Å²) in [5.74, 6) is 1.29. The van der Waals surface area contributed by atoms with Crippen molar-refractivity contribution in [1.82, 2.24) is 19.5 Å². The lowest BCUT2D eigenvalue weighted by atomic mass is 10.2. The maximum absolute atomic E-state index is 11.2. The van der Waals surface area contributed by atoms with Crippen LogP contribution in [-0.2, 0) is 4.79 Å². The number of carbonyl (C=O) groups is 1. The second-order valence-electron chi connectivity index (χ2n) is 5.48. The van der Waals surface area contributed by atoms with Gasteiger partial charge in [0.05, 0.1) is 18.4 Å². The highest BCUT2D eigenvalue weighted by molar-refractivity contribution is 9.10. The molecule has 0 aromatic carbocycles. The Hall–Kier alpha value is -1.96. The zero-order valence-corrected chi connectivity index (χ0v) is 14.5. The van der Waals surface area contributed by atoms with Crippen LogP contribution in [0, 0.1) is 0 Å². The molecule has 0 amide bonds. The van der Waals surface area contributed by atoms with Crippen LogP contribution in [0.1, 0.15) is 25.7 Å². The number of halogens is 1. The average molecular weight is 379 g/mol. The first-order valence-corrected chi connectivity index (χ1v) is 8.48. The third-order valence-corrected chi connectivity index (χ3v) is 4.73. The van der Waals surface area contributed by atoms with Crippen molar-refractivity contribution >= 4 is 33.7 Å². The molecule has 1 saturated carbocycles. The lowest BCUT2D eigenvalue weighted by molar-refractivity contribution is -0.106. The van der Waals surface area contributed by atoms with Gasteiger partial charge in [0.1, 0.15) is 6.29 Å². The van der Waals surface area contributed by atoms with Gasteiger partial charge in [0.25, 0.3) is 0 Å². The first-order chi connectivity index (χ1) is 11.2. The number of rotatable bonds is 6. The van der Waals surface area contributed by atoms with E-state index < -0.39 is 0 Å². The van der Waals surface area contributed by atoms with Crippen molar-refractivity contribution in [2.75, 3.05) is 23.8 Å². The zero-order chi connectivity index (χ0) is 16.2. The SMILES string of the molecule is CNc1cnc(-n2ccnc2Br)nc1N(CC=O)C1CCCC1. The van der Waals surface area contributed by atoms with Crippen molar-refractivity contribution in [3.05, 3.63) is 23.3 Å². The Labute approximate surface area is 143 Å². The highest BCUT2D eigenvalue weighted by atomic mass is 79.9. The van der Waals surface area contributed by atoms with Crippen LogP contribution in [0.5, 0.6) is 0 Å². The predicted molar refractivity (Wildman–Crippen MR) is 92.1 cm³/mol. The second-order valence-corrected chi connectivity index (χ2v) is 6.19. The van der Waals surface area contributed by atoms with Crippen molar-refractivity contribution in [2.45, 2.75) is 31.7 Å². The number of hydrogen-bond acceptors (Lipinski definition) is 6. The van der Waals surface area contributed by atoms with Crippen LogP contribution in [0.3, 0.4) is 0 Å². The Kier molecular flexibility index (Phi) is 4.90. The molecule has 0 radical (unpaired) electrons. The Bertz CT molecular complexity index is 682. The van der Waals surface area contributed by atoms with Gasteiger partial charge >= 0.3 is 0 Å². The highest BCUT2D eigenvalue weighted by Gasteiger charge is 2.26. The lowest BCUT2D eigenvalue weighted by Crippen LogP contribution is -2.36. The molecule has 1 N–H and O–H groups in total. The van der Waals surface area contributed by atoms with E-state index in [0.29, 0.717) is 23.3 Å². The minimum atomic E-state index is 0.334.